The minimum Gasteiger partial charge on any atom is -0.269 e. The van der Waals surface area contributed by atoms with Crippen LogP contribution in [0.5, 0.6) is 0 Å². The number of carbonyl (C=O) groups excluding carboxylic acids is 3. The van der Waals surface area contributed by atoms with E-state index >= 15 is 0 Å². The lowest BCUT2D eigenvalue weighted by atomic mass is 9.82. The molecule has 0 spiro atoms. The third-order valence-corrected chi connectivity index (χ3v) is 3.39. The van der Waals surface area contributed by atoms with Gasteiger partial charge in [-0.2, -0.15) is 0 Å². The molecule has 2 unspecified atom stereocenters. The largest absolute Gasteiger partial charge is 0.331 e. The number of urea groups is 1. The number of hydrogen-bond donors (Lipinski definition) is 1. The van der Waals surface area contributed by atoms with Gasteiger partial charge in [-0.25, -0.2) is 4.79 Å². The van der Waals surface area contributed by atoms with Gasteiger partial charge in [-0.3, -0.25) is 19.8 Å². The third-order valence-electron chi connectivity index (χ3n) is 3.39. The molecule has 0 aromatic carbocycles. The van der Waals surface area contributed by atoms with Crippen LogP contribution in [0.4, 0.5) is 4.79 Å². The van der Waals surface area contributed by atoms with Crippen LogP contribution in [0, 0.1) is 11.8 Å². The zero-order chi connectivity index (χ0) is 11.7. The molecule has 1 heterocycles. The Morgan fingerprint density at radius 3 is 2.62 bits per heavy atom. The Bertz CT molecular complexity index is 340. The first-order chi connectivity index (χ1) is 7.58. The van der Waals surface area contributed by atoms with Crippen LogP contribution in [0.25, 0.3) is 0 Å². The van der Waals surface area contributed by atoms with Crippen LogP contribution in [-0.4, -0.2) is 29.3 Å². The van der Waals surface area contributed by atoms with Crippen molar-refractivity contribution in [3.63, 3.8) is 0 Å². The predicted octanol–water partition coefficient (Wildman–Crippen LogP) is 0.891. The third kappa shape index (κ3) is 2.08. The van der Waals surface area contributed by atoms with Crippen LogP contribution in [0.2, 0.25) is 0 Å². The van der Waals surface area contributed by atoms with E-state index in [4.69, 9.17) is 0 Å². The first-order valence-corrected chi connectivity index (χ1v) is 5.74. The summed E-state index contributed by atoms with van der Waals surface area (Å²) in [4.78, 5) is 34.7. The van der Waals surface area contributed by atoms with Gasteiger partial charge in [0.15, 0.2) is 0 Å². The molecule has 5 heteroatoms. The van der Waals surface area contributed by atoms with Crippen molar-refractivity contribution < 1.29 is 14.4 Å². The number of hydrogen-bond acceptors (Lipinski definition) is 3. The first-order valence-electron chi connectivity index (χ1n) is 5.74. The maximum absolute atomic E-state index is 11.4. The zero-order valence-corrected chi connectivity index (χ0v) is 9.36. The van der Waals surface area contributed by atoms with Crippen molar-refractivity contribution >= 4 is 17.8 Å². The van der Waals surface area contributed by atoms with Crippen molar-refractivity contribution in [2.75, 3.05) is 6.54 Å². The van der Waals surface area contributed by atoms with Gasteiger partial charge < -0.3 is 0 Å². The molecule has 2 atom stereocenters. The maximum atomic E-state index is 11.4. The summed E-state index contributed by atoms with van der Waals surface area (Å²) in [6, 6.07) is -0.562. The molecule has 4 amide bonds. The van der Waals surface area contributed by atoms with Crippen molar-refractivity contribution in [1.82, 2.24) is 10.2 Å². The van der Waals surface area contributed by atoms with E-state index in [0.29, 0.717) is 18.4 Å². The highest BCUT2D eigenvalue weighted by Crippen LogP contribution is 2.29. The van der Waals surface area contributed by atoms with Crippen LogP contribution < -0.4 is 5.32 Å². The van der Waals surface area contributed by atoms with Crippen molar-refractivity contribution in [3.8, 4) is 0 Å². The van der Waals surface area contributed by atoms with E-state index in [-0.39, 0.29) is 0 Å². The van der Waals surface area contributed by atoms with Crippen LogP contribution in [0.1, 0.15) is 32.6 Å². The lowest BCUT2D eigenvalue weighted by Crippen LogP contribution is -2.36. The van der Waals surface area contributed by atoms with Gasteiger partial charge in [0, 0.05) is 6.54 Å². The standard InChI is InChI=1S/C11H16N2O3/c1-7-3-2-4-8(5-7)6-13-10(15)9(14)12-11(13)16/h7-8H,2-6H2,1H3,(H,12,14,16). The summed E-state index contributed by atoms with van der Waals surface area (Å²) in [7, 11) is 0. The van der Waals surface area contributed by atoms with Gasteiger partial charge in [0.05, 0.1) is 0 Å². The predicted molar refractivity (Wildman–Crippen MR) is 56.4 cm³/mol. The highest BCUT2D eigenvalue weighted by Gasteiger charge is 2.38. The summed E-state index contributed by atoms with van der Waals surface area (Å²) in [5.74, 6) is -0.503. The molecule has 1 saturated heterocycles. The monoisotopic (exact) mass is 224 g/mol. The van der Waals surface area contributed by atoms with Gasteiger partial charge >= 0.3 is 17.8 Å². The van der Waals surface area contributed by atoms with Crippen molar-refractivity contribution in [2.45, 2.75) is 32.6 Å². The SMILES string of the molecule is CC1CCCC(CN2C(=O)NC(=O)C2=O)C1. The van der Waals surface area contributed by atoms with Crippen LogP contribution in [-0.2, 0) is 9.59 Å². The van der Waals surface area contributed by atoms with Gasteiger partial charge in [0.25, 0.3) is 0 Å². The topological polar surface area (TPSA) is 66.5 Å². The molecule has 1 N–H and O–H groups in total. The highest BCUT2D eigenvalue weighted by atomic mass is 16.2. The van der Waals surface area contributed by atoms with Gasteiger partial charge in [0.2, 0.25) is 0 Å². The molecule has 0 bridgehead atoms. The van der Waals surface area contributed by atoms with Gasteiger partial charge in [-0.05, 0) is 24.7 Å². The summed E-state index contributed by atoms with van der Waals surface area (Å²) in [6.45, 7) is 2.57. The van der Waals surface area contributed by atoms with Gasteiger partial charge in [-0.15, -0.1) is 0 Å². The minimum atomic E-state index is -0.797. The fraction of sp³-hybridized carbons (Fsp3) is 0.727. The summed E-state index contributed by atoms with van der Waals surface area (Å²) in [5, 5.41) is 2.02. The lowest BCUT2D eigenvalue weighted by Gasteiger charge is -2.28. The molecule has 1 aliphatic heterocycles. The quantitative estimate of drug-likeness (QED) is 0.559. The normalized spacial score (nSPS) is 30.8. The Morgan fingerprint density at radius 1 is 1.31 bits per heavy atom. The van der Waals surface area contributed by atoms with Crippen molar-refractivity contribution in [1.29, 1.82) is 0 Å². The van der Waals surface area contributed by atoms with Crippen LogP contribution in [0.3, 0.4) is 0 Å². The number of nitrogens with one attached hydrogen (secondary N) is 1. The Kier molecular flexibility index (Phi) is 2.94. The van der Waals surface area contributed by atoms with Crippen LogP contribution in [0.15, 0.2) is 0 Å². The van der Waals surface area contributed by atoms with E-state index in [2.05, 4.69) is 6.92 Å². The van der Waals surface area contributed by atoms with Gasteiger partial charge in [0.1, 0.15) is 0 Å². The van der Waals surface area contributed by atoms with Crippen LogP contribution >= 0.6 is 0 Å². The maximum Gasteiger partial charge on any atom is 0.331 e. The van der Waals surface area contributed by atoms with Gasteiger partial charge in [-0.1, -0.05) is 19.8 Å². The number of nitrogens with zero attached hydrogens (tertiary/aromatic N) is 1. The molecule has 0 aromatic heterocycles. The molecule has 16 heavy (non-hydrogen) atoms. The second kappa shape index (κ2) is 4.23. The van der Waals surface area contributed by atoms with E-state index in [1.807, 2.05) is 5.32 Å². The highest BCUT2D eigenvalue weighted by molar-refractivity contribution is 6.44. The average molecular weight is 224 g/mol. The summed E-state index contributed by atoms with van der Waals surface area (Å²) >= 11 is 0. The minimum absolute atomic E-state index is 0.351. The van der Waals surface area contributed by atoms with E-state index in [0.717, 1.165) is 24.2 Å². The second-order valence-electron chi connectivity index (χ2n) is 4.81. The number of imide groups is 2. The molecule has 88 valence electrons. The second-order valence-corrected chi connectivity index (χ2v) is 4.81. The zero-order valence-electron chi connectivity index (χ0n) is 9.36. The molecule has 0 aromatic rings. The lowest BCUT2D eigenvalue weighted by molar-refractivity contribution is -0.140. The van der Waals surface area contributed by atoms with Crippen molar-refractivity contribution in [2.24, 2.45) is 11.8 Å². The summed E-state index contributed by atoms with van der Waals surface area (Å²) in [5.41, 5.74) is 0. The number of carbonyl (C=O) groups is 3. The number of rotatable bonds is 2. The summed E-state index contributed by atoms with van der Waals surface area (Å²) in [6.07, 6.45) is 4.43. The molecular formula is C11H16N2O3. The Balaban J connectivity index is 1.96. The Hall–Kier alpha value is -1.39. The summed E-state index contributed by atoms with van der Waals surface area (Å²) < 4.78 is 0. The molecule has 1 saturated carbocycles. The Labute approximate surface area is 94.2 Å². The molecule has 2 aliphatic rings. The fourth-order valence-electron chi connectivity index (χ4n) is 2.58. The van der Waals surface area contributed by atoms with Crippen molar-refractivity contribution in [3.05, 3.63) is 0 Å². The molecule has 2 rings (SSSR count). The van der Waals surface area contributed by atoms with E-state index in [9.17, 15) is 14.4 Å². The molecule has 0 radical (unpaired) electrons. The first kappa shape index (κ1) is 11.1. The fourth-order valence-corrected chi connectivity index (χ4v) is 2.58. The molecular weight excluding hydrogens is 208 g/mol. The number of amides is 4. The molecule has 5 nitrogen and oxygen atoms in total. The van der Waals surface area contributed by atoms with E-state index < -0.39 is 17.8 Å². The van der Waals surface area contributed by atoms with E-state index in [1.165, 1.54) is 6.42 Å². The smallest absolute Gasteiger partial charge is 0.269 e. The Morgan fingerprint density at radius 2 is 2.06 bits per heavy atom. The average Bonchev–Trinajstić information content (AvgIpc) is 2.45. The van der Waals surface area contributed by atoms with E-state index in [1.54, 1.807) is 0 Å². The molecule has 1 aliphatic carbocycles. The molecule has 2 fully saturated rings.